The van der Waals surface area contributed by atoms with Gasteiger partial charge in [-0.3, -0.25) is 0 Å². The van der Waals surface area contributed by atoms with Crippen LogP contribution >= 0.6 is 11.8 Å². The molecule has 1 heterocycles. The van der Waals surface area contributed by atoms with E-state index in [1.807, 2.05) is 13.0 Å². The summed E-state index contributed by atoms with van der Waals surface area (Å²) in [7, 11) is 0. The molecule has 2 aromatic rings. The van der Waals surface area contributed by atoms with E-state index in [-0.39, 0.29) is 23.9 Å². The van der Waals surface area contributed by atoms with E-state index in [0.29, 0.717) is 12.0 Å². The van der Waals surface area contributed by atoms with Crippen LogP contribution in [0.2, 0.25) is 0 Å². The third kappa shape index (κ3) is 4.30. The number of carbonyl (C=O) groups is 1. The van der Waals surface area contributed by atoms with Crippen molar-refractivity contribution in [2.45, 2.75) is 42.1 Å². The molecule has 0 spiro atoms. The second kappa shape index (κ2) is 7.99. The van der Waals surface area contributed by atoms with Gasteiger partial charge in [-0.25, -0.2) is 4.79 Å². The van der Waals surface area contributed by atoms with Gasteiger partial charge in [0.05, 0.1) is 11.7 Å². The Hall–Kier alpha value is -2.22. The Labute approximate surface area is 159 Å². The molecule has 4 heteroatoms. The number of esters is 1. The summed E-state index contributed by atoms with van der Waals surface area (Å²) in [6.07, 6.45) is 6.38. The minimum absolute atomic E-state index is 0.0206. The van der Waals surface area contributed by atoms with Crippen LogP contribution in [0.3, 0.4) is 0 Å². The fourth-order valence-corrected chi connectivity index (χ4v) is 4.21. The summed E-state index contributed by atoms with van der Waals surface area (Å²) in [4.78, 5) is 13.4. The molecule has 1 saturated heterocycles. The maximum absolute atomic E-state index is 12.2. The van der Waals surface area contributed by atoms with Gasteiger partial charge in [-0.2, -0.15) is 0 Å². The molecular formula is C22H22O3S. The van der Waals surface area contributed by atoms with Crippen molar-refractivity contribution >= 4 is 17.7 Å². The summed E-state index contributed by atoms with van der Waals surface area (Å²) in [5.41, 5.74) is 0.874. The Bertz CT molecular complexity index is 794. The molecule has 0 bridgehead atoms. The summed E-state index contributed by atoms with van der Waals surface area (Å²) in [5, 5.41) is 0.212. The second-order valence-corrected chi connectivity index (χ2v) is 7.89. The highest BCUT2D eigenvalue weighted by atomic mass is 32.2. The summed E-state index contributed by atoms with van der Waals surface area (Å²) in [6, 6.07) is 17.3. The summed E-state index contributed by atoms with van der Waals surface area (Å²) >= 11 is 1.76. The molecule has 0 amide bonds. The van der Waals surface area contributed by atoms with Crippen molar-refractivity contribution in [2.75, 3.05) is 6.61 Å². The first-order valence-corrected chi connectivity index (χ1v) is 9.50. The minimum Gasteiger partial charge on any atom is -0.458 e. The van der Waals surface area contributed by atoms with Crippen LogP contribution in [0.1, 0.15) is 29.3 Å². The van der Waals surface area contributed by atoms with Gasteiger partial charge >= 0.3 is 5.97 Å². The summed E-state index contributed by atoms with van der Waals surface area (Å²) in [5.74, 6) is 2.34. The fourth-order valence-electron chi connectivity index (χ4n) is 2.97. The van der Waals surface area contributed by atoms with Gasteiger partial charge in [-0.1, -0.05) is 41.8 Å². The number of ether oxygens (including phenoxy) is 2. The molecule has 134 valence electrons. The number of rotatable bonds is 5. The quantitative estimate of drug-likeness (QED) is 0.577. The number of hydrogen-bond acceptors (Lipinski definition) is 4. The Morgan fingerprint density at radius 2 is 1.96 bits per heavy atom. The van der Waals surface area contributed by atoms with Crippen LogP contribution in [-0.4, -0.2) is 29.5 Å². The Kier molecular flexibility index (Phi) is 5.70. The van der Waals surface area contributed by atoms with Gasteiger partial charge in [-0.15, -0.1) is 18.2 Å². The molecule has 0 saturated carbocycles. The number of terminal acetylenes is 1. The molecule has 1 fully saturated rings. The first-order valence-electron chi connectivity index (χ1n) is 8.62. The molecule has 0 aliphatic carbocycles. The van der Waals surface area contributed by atoms with Crippen molar-refractivity contribution in [3.05, 3.63) is 65.7 Å². The maximum atomic E-state index is 12.2. The molecule has 1 aliphatic heterocycles. The van der Waals surface area contributed by atoms with Gasteiger partial charge in [0.25, 0.3) is 0 Å². The topological polar surface area (TPSA) is 35.5 Å². The number of hydrogen-bond donors (Lipinski definition) is 0. The first kappa shape index (κ1) is 18.6. The Balaban J connectivity index is 1.63. The third-order valence-corrected chi connectivity index (χ3v) is 5.88. The second-order valence-electron chi connectivity index (χ2n) is 6.58. The number of aryl methyl sites for hydroxylation is 1. The van der Waals surface area contributed by atoms with E-state index >= 15 is 0 Å². The lowest BCUT2D eigenvalue weighted by molar-refractivity contribution is -0.0389. The number of thioether (sulfide) groups is 1. The molecule has 1 aliphatic rings. The average molecular weight is 366 g/mol. The lowest BCUT2D eigenvalue weighted by Gasteiger charge is -2.22. The highest BCUT2D eigenvalue weighted by Crippen LogP contribution is 2.40. The molecule has 0 aromatic heterocycles. The van der Waals surface area contributed by atoms with Crippen LogP contribution < -0.4 is 0 Å². The van der Waals surface area contributed by atoms with Crippen molar-refractivity contribution in [3.63, 3.8) is 0 Å². The van der Waals surface area contributed by atoms with Gasteiger partial charge < -0.3 is 9.47 Å². The monoisotopic (exact) mass is 366 g/mol. The van der Waals surface area contributed by atoms with Crippen molar-refractivity contribution in [1.82, 2.24) is 0 Å². The van der Waals surface area contributed by atoms with Crippen molar-refractivity contribution in [1.29, 1.82) is 0 Å². The molecule has 0 N–H and O–H groups in total. The van der Waals surface area contributed by atoms with E-state index in [1.54, 1.807) is 36.0 Å². The van der Waals surface area contributed by atoms with Gasteiger partial charge in [0.15, 0.2) is 5.60 Å². The molecule has 3 nitrogen and oxygen atoms in total. The van der Waals surface area contributed by atoms with Crippen molar-refractivity contribution in [2.24, 2.45) is 0 Å². The van der Waals surface area contributed by atoms with Crippen LogP contribution in [0.25, 0.3) is 0 Å². The maximum Gasteiger partial charge on any atom is 0.338 e. The highest BCUT2D eigenvalue weighted by Gasteiger charge is 2.45. The number of carbonyl (C=O) groups excluding carboxylic acids is 1. The zero-order chi connectivity index (χ0) is 18.6. The predicted molar refractivity (Wildman–Crippen MR) is 104 cm³/mol. The molecule has 0 unspecified atom stereocenters. The standard InChI is InChI=1S/C22H22O3S/c1-4-22(15-24-21(23)18-8-6-5-7-9-18)14-20(17(3)25-22)26-19-12-10-16(2)11-13-19/h1,5-13,17,20H,14-15H2,2-3H3/t17-,20-,22+/m1/s1. The van der Waals surface area contributed by atoms with Crippen LogP contribution in [0.15, 0.2) is 59.5 Å². The van der Waals surface area contributed by atoms with E-state index in [9.17, 15) is 4.79 Å². The van der Waals surface area contributed by atoms with Gasteiger partial charge in [0, 0.05) is 16.6 Å². The van der Waals surface area contributed by atoms with E-state index in [4.69, 9.17) is 15.9 Å². The summed E-state index contributed by atoms with van der Waals surface area (Å²) in [6.45, 7) is 4.15. The van der Waals surface area contributed by atoms with Crippen molar-refractivity contribution in [3.8, 4) is 12.3 Å². The minimum atomic E-state index is -0.869. The summed E-state index contributed by atoms with van der Waals surface area (Å²) < 4.78 is 11.5. The molecule has 0 radical (unpaired) electrons. The first-order chi connectivity index (χ1) is 12.5. The predicted octanol–water partition coefficient (Wildman–Crippen LogP) is 4.49. The van der Waals surface area contributed by atoms with E-state index in [0.717, 1.165) is 0 Å². The zero-order valence-corrected chi connectivity index (χ0v) is 15.8. The zero-order valence-electron chi connectivity index (χ0n) is 15.0. The fraction of sp³-hybridized carbons (Fsp3) is 0.318. The van der Waals surface area contributed by atoms with Crippen LogP contribution in [0, 0.1) is 19.3 Å². The third-order valence-electron chi connectivity index (χ3n) is 4.48. The molecule has 3 atom stereocenters. The van der Waals surface area contributed by atoms with E-state index < -0.39 is 5.60 Å². The molecular weight excluding hydrogens is 344 g/mol. The van der Waals surface area contributed by atoms with Gasteiger partial charge in [0.1, 0.15) is 6.61 Å². The Morgan fingerprint density at radius 1 is 1.27 bits per heavy atom. The molecule has 26 heavy (non-hydrogen) atoms. The van der Waals surface area contributed by atoms with Crippen LogP contribution in [-0.2, 0) is 9.47 Å². The lowest BCUT2D eigenvalue weighted by Crippen LogP contribution is -2.34. The van der Waals surface area contributed by atoms with Crippen molar-refractivity contribution < 1.29 is 14.3 Å². The largest absolute Gasteiger partial charge is 0.458 e. The van der Waals surface area contributed by atoms with E-state index in [2.05, 4.69) is 37.1 Å². The molecule has 3 rings (SSSR count). The van der Waals surface area contributed by atoms with Gasteiger partial charge in [0.2, 0.25) is 0 Å². The number of benzene rings is 2. The highest BCUT2D eigenvalue weighted by molar-refractivity contribution is 8.00. The normalized spacial score (nSPS) is 24.8. The SMILES string of the molecule is C#C[C@@]1(COC(=O)c2ccccc2)C[C@@H](Sc2ccc(C)cc2)[C@@H](C)O1. The van der Waals surface area contributed by atoms with Crippen LogP contribution in [0.4, 0.5) is 0 Å². The van der Waals surface area contributed by atoms with Gasteiger partial charge in [-0.05, 0) is 38.1 Å². The lowest BCUT2D eigenvalue weighted by atomic mass is 10.0. The van der Waals surface area contributed by atoms with E-state index in [1.165, 1.54) is 10.5 Å². The average Bonchev–Trinajstić information content (AvgIpc) is 2.98. The Morgan fingerprint density at radius 3 is 2.62 bits per heavy atom. The smallest absolute Gasteiger partial charge is 0.338 e. The van der Waals surface area contributed by atoms with Crippen LogP contribution in [0.5, 0.6) is 0 Å². The molecule has 2 aromatic carbocycles.